The smallest absolute Gasteiger partial charge is 0.249 e. The molecule has 0 fully saturated rings. The van der Waals surface area contributed by atoms with E-state index in [-0.39, 0.29) is 6.61 Å². The Morgan fingerprint density at radius 2 is 0.604 bits per heavy atom. The molecule has 0 saturated carbocycles. The lowest BCUT2D eigenvalue weighted by atomic mass is 10.0. The maximum Gasteiger partial charge on any atom is 0.249 e. The molecule has 0 aromatic carbocycles. The van der Waals surface area contributed by atoms with Gasteiger partial charge in [-0.05, 0) is 12.8 Å². The third-order valence-corrected chi connectivity index (χ3v) is 11.7. The van der Waals surface area contributed by atoms with Crippen LogP contribution in [0.2, 0.25) is 0 Å². The summed E-state index contributed by atoms with van der Waals surface area (Å²) in [4.78, 5) is 12.5. The quantitative estimate of drug-likeness (QED) is 0.0466. The van der Waals surface area contributed by atoms with Crippen LogP contribution in [0.1, 0.15) is 277 Å². The molecule has 1 amide bonds. The van der Waals surface area contributed by atoms with Gasteiger partial charge in [-0.15, -0.1) is 0 Å². The first kappa shape index (κ1) is 52.3. The lowest BCUT2D eigenvalue weighted by Gasteiger charge is -2.23. The van der Waals surface area contributed by atoms with Gasteiger partial charge in [-0.1, -0.05) is 264 Å². The number of carbonyl (C=O) groups excluding carboxylic acids is 1. The van der Waals surface area contributed by atoms with E-state index in [0.29, 0.717) is 12.8 Å². The van der Waals surface area contributed by atoms with E-state index in [9.17, 15) is 20.1 Å². The van der Waals surface area contributed by atoms with Crippen molar-refractivity contribution in [2.75, 3.05) is 6.61 Å². The molecular formula is C48H97NO4. The van der Waals surface area contributed by atoms with Gasteiger partial charge in [-0.2, -0.15) is 0 Å². The van der Waals surface area contributed by atoms with Crippen molar-refractivity contribution in [3.05, 3.63) is 0 Å². The largest absolute Gasteiger partial charge is 0.394 e. The summed E-state index contributed by atoms with van der Waals surface area (Å²) in [5.41, 5.74) is 0. The molecule has 1 unspecified atom stereocenters. The van der Waals surface area contributed by atoms with E-state index in [4.69, 9.17) is 0 Å². The van der Waals surface area contributed by atoms with E-state index in [1.807, 2.05) is 0 Å². The Kier molecular flexibility index (Phi) is 43.5. The molecule has 5 heteroatoms. The first-order chi connectivity index (χ1) is 26.1. The van der Waals surface area contributed by atoms with Crippen LogP contribution in [0.15, 0.2) is 0 Å². The van der Waals surface area contributed by atoms with Crippen molar-refractivity contribution in [3.8, 4) is 0 Å². The summed E-state index contributed by atoms with van der Waals surface area (Å²) in [5, 5.41) is 33.4. The van der Waals surface area contributed by atoms with Gasteiger partial charge in [0.1, 0.15) is 6.10 Å². The molecule has 0 aromatic heterocycles. The van der Waals surface area contributed by atoms with Crippen molar-refractivity contribution < 1.29 is 20.1 Å². The molecule has 53 heavy (non-hydrogen) atoms. The van der Waals surface area contributed by atoms with Crippen LogP contribution in [0.4, 0.5) is 0 Å². The highest BCUT2D eigenvalue weighted by atomic mass is 16.3. The average Bonchev–Trinajstić information content (AvgIpc) is 3.16. The van der Waals surface area contributed by atoms with Gasteiger partial charge < -0.3 is 20.6 Å². The highest BCUT2D eigenvalue weighted by molar-refractivity contribution is 5.80. The number of rotatable bonds is 45. The van der Waals surface area contributed by atoms with Crippen molar-refractivity contribution in [1.82, 2.24) is 5.32 Å². The average molecular weight is 752 g/mol. The number of unbranched alkanes of at least 4 members (excludes halogenated alkanes) is 37. The predicted molar refractivity (Wildman–Crippen MR) is 232 cm³/mol. The second-order valence-electron chi connectivity index (χ2n) is 17.0. The summed E-state index contributed by atoms with van der Waals surface area (Å²) in [6.45, 7) is 4.26. The second-order valence-corrected chi connectivity index (χ2v) is 17.0. The summed E-state index contributed by atoms with van der Waals surface area (Å²) in [6, 6.07) is -0.706. The molecule has 3 atom stereocenters. The van der Waals surface area contributed by atoms with Crippen molar-refractivity contribution in [3.63, 3.8) is 0 Å². The van der Waals surface area contributed by atoms with Crippen LogP contribution >= 0.6 is 0 Å². The van der Waals surface area contributed by atoms with Crippen LogP contribution in [0.5, 0.6) is 0 Å². The monoisotopic (exact) mass is 752 g/mol. The van der Waals surface area contributed by atoms with Crippen molar-refractivity contribution in [1.29, 1.82) is 0 Å². The van der Waals surface area contributed by atoms with Crippen LogP contribution in [0.25, 0.3) is 0 Å². The highest BCUT2D eigenvalue weighted by Crippen LogP contribution is 2.18. The van der Waals surface area contributed by atoms with Gasteiger partial charge in [-0.25, -0.2) is 0 Å². The minimum Gasteiger partial charge on any atom is -0.394 e. The zero-order chi connectivity index (χ0) is 38.7. The minimum atomic E-state index is -1.07. The fourth-order valence-electron chi connectivity index (χ4n) is 7.90. The van der Waals surface area contributed by atoms with Crippen LogP contribution in [-0.2, 0) is 4.79 Å². The molecule has 0 radical (unpaired) electrons. The van der Waals surface area contributed by atoms with Crippen molar-refractivity contribution in [2.24, 2.45) is 0 Å². The number of aliphatic hydroxyl groups excluding tert-OH is 3. The van der Waals surface area contributed by atoms with E-state index >= 15 is 0 Å². The van der Waals surface area contributed by atoms with Gasteiger partial charge in [0.25, 0.3) is 0 Å². The number of aliphatic hydroxyl groups is 3. The van der Waals surface area contributed by atoms with Gasteiger partial charge >= 0.3 is 0 Å². The number of amides is 1. The van der Waals surface area contributed by atoms with Gasteiger partial charge in [0.2, 0.25) is 5.91 Å². The Bertz CT molecular complexity index is 703. The molecule has 318 valence electrons. The molecular weight excluding hydrogens is 655 g/mol. The lowest BCUT2D eigenvalue weighted by Crippen LogP contribution is -2.49. The van der Waals surface area contributed by atoms with E-state index in [0.717, 1.165) is 32.1 Å². The fraction of sp³-hybridized carbons (Fsp3) is 0.979. The first-order valence-electron chi connectivity index (χ1n) is 24.3. The Morgan fingerprint density at radius 1 is 0.377 bits per heavy atom. The van der Waals surface area contributed by atoms with Crippen molar-refractivity contribution in [2.45, 2.75) is 295 Å². The summed E-state index contributed by atoms with van der Waals surface area (Å²) in [5.74, 6) is -0.464. The Hall–Kier alpha value is -0.650. The number of hydrogen-bond donors (Lipinski definition) is 4. The van der Waals surface area contributed by atoms with Gasteiger partial charge in [0.05, 0.1) is 18.8 Å². The molecule has 0 aliphatic carbocycles. The third kappa shape index (κ3) is 39.4. The molecule has 0 aromatic rings. The van der Waals surface area contributed by atoms with Crippen LogP contribution in [0.3, 0.4) is 0 Å². The first-order valence-corrected chi connectivity index (χ1v) is 24.3. The molecule has 4 N–H and O–H groups in total. The summed E-state index contributed by atoms with van der Waals surface area (Å²) < 4.78 is 0. The molecule has 0 saturated heterocycles. The van der Waals surface area contributed by atoms with Crippen molar-refractivity contribution >= 4 is 5.91 Å². The standard InChI is InChI=1S/C48H97NO4/c1-3-5-7-9-11-13-15-17-19-20-21-22-23-24-25-26-27-29-31-33-35-37-39-41-43-47(52)48(53)49-45(44-50)46(51)42-40-38-36-34-32-30-28-18-16-14-12-10-8-6-4-2/h45-47,50-52H,3-44H2,1-2H3,(H,49,53)/t45-,46+,47?/m0/s1. The molecule has 0 heterocycles. The zero-order valence-electron chi connectivity index (χ0n) is 36.2. The highest BCUT2D eigenvalue weighted by Gasteiger charge is 2.23. The molecule has 0 aliphatic heterocycles. The third-order valence-electron chi connectivity index (χ3n) is 11.7. The Morgan fingerprint density at radius 3 is 0.849 bits per heavy atom. The minimum absolute atomic E-state index is 0.308. The predicted octanol–water partition coefficient (Wildman–Crippen LogP) is 14.2. The number of nitrogens with one attached hydrogen (secondary N) is 1. The maximum absolute atomic E-state index is 12.5. The van der Waals surface area contributed by atoms with E-state index < -0.39 is 24.2 Å². The molecule has 0 spiro atoms. The molecule has 5 nitrogen and oxygen atoms in total. The second kappa shape index (κ2) is 44.1. The lowest BCUT2D eigenvalue weighted by molar-refractivity contribution is -0.131. The van der Waals surface area contributed by atoms with Crippen LogP contribution < -0.4 is 5.32 Å². The molecule has 0 aliphatic rings. The SMILES string of the molecule is CCCCCCCCCCCCCCCCCCCCCCCCCCC(O)C(=O)N[C@@H](CO)[C@H](O)CCCCCCCCCCCCCCCCC. The number of carbonyl (C=O) groups is 1. The Balaban J connectivity index is 3.52. The number of hydrogen-bond acceptors (Lipinski definition) is 4. The Labute approximate surface area is 332 Å². The summed E-state index contributed by atoms with van der Waals surface area (Å²) in [7, 11) is 0. The van der Waals surface area contributed by atoms with E-state index in [1.54, 1.807) is 0 Å². The van der Waals surface area contributed by atoms with Gasteiger partial charge in [0.15, 0.2) is 0 Å². The summed E-state index contributed by atoms with van der Waals surface area (Å²) >= 11 is 0. The maximum atomic E-state index is 12.5. The van der Waals surface area contributed by atoms with Gasteiger partial charge in [0, 0.05) is 0 Å². The summed E-state index contributed by atoms with van der Waals surface area (Å²) in [6.07, 6.45) is 51.2. The van der Waals surface area contributed by atoms with Crippen LogP contribution in [-0.4, -0.2) is 46.1 Å². The van der Waals surface area contributed by atoms with Crippen LogP contribution in [0, 0.1) is 0 Å². The van der Waals surface area contributed by atoms with Gasteiger partial charge in [-0.3, -0.25) is 4.79 Å². The topological polar surface area (TPSA) is 89.8 Å². The molecule has 0 rings (SSSR count). The van der Waals surface area contributed by atoms with E-state index in [2.05, 4.69) is 19.2 Å². The normalized spacial score (nSPS) is 13.4. The van der Waals surface area contributed by atoms with E-state index in [1.165, 1.54) is 218 Å². The molecule has 0 bridgehead atoms. The zero-order valence-corrected chi connectivity index (χ0v) is 36.2. The fourth-order valence-corrected chi connectivity index (χ4v) is 7.90.